The highest BCUT2D eigenvalue weighted by atomic mass is 32.2. The van der Waals surface area contributed by atoms with Crippen LogP contribution in [-0.4, -0.2) is 17.8 Å². The minimum absolute atomic E-state index is 0.533. The van der Waals surface area contributed by atoms with Crippen LogP contribution in [-0.2, 0) is 4.74 Å². The number of rotatable bonds is 8. The first-order chi connectivity index (χ1) is 6.93. The molecule has 0 aromatic carbocycles. The molecule has 0 N–H and O–H groups in total. The van der Waals surface area contributed by atoms with Crippen LogP contribution in [0.15, 0.2) is 0 Å². The molecular formula is C12H24OS. The fourth-order valence-corrected chi connectivity index (χ4v) is 2.82. The van der Waals surface area contributed by atoms with E-state index < -0.39 is 0 Å². The summed E-state index contributed by atoms with van der Waals surface area (Å²) < 4.78 is 5.56. The van der Waals surface area contributed by atoms with Gasteiger partial charge in [0.25, 0.3) is 0 Å². The van der Waals surface area contributed by atoms with Gasteiger partial charge in [0, 0.05) is 5.75 Å². The van der Waals surface area contributed by atoms with Crippen molar-refractivity contribution in [2.24, 2.45) is 0 Å². The van der Waals surface area contributed by atoms with E-state index in [1.54, 1.807) is 0 Å². The van der Waals surface area contributed by atoms with Crippen molar-refractivity contribution >= 4 is 11.8 Å². The third kappa shape index (κ3) is 5.92. The molecule has 1 aliphatic rings. The molecule has 0 aromatic rings. The predicted molar refractivity (Wildman–Crippen MR) is 64.8 cm³/mol. The Morgan fingerprint density at radius 2 is 1.79 bits per heavy atom. The number of hydrogen-bond donors (Lipinski definition) is 0. The summed E-state index contributed by atoms with van der Waals surface area (Å²) in [6, 6.07) is 0. The maximum Gasteiger partial charge on any atom is 0.103 e. The van der Waals surface area contributed by atoms with Gasteiger partial charge in [-0.2, -0.15) is 0 Å². The van der Waals surface area contributed by atoms with Crippen molar-refractivity contribution in [3.8, 4) is 0 Å². The van der Waals surface area contributed by atoms with Gasteiger partial charge in [0.15, 0.2) is 0 Å². The second-order valence-electron chi connectivity index (χ2n) is 4.08. The van der Waals surface area contributed by atoms with E-state index in [-0.39, 0.29) is 0 Å². The molecule has 1 rings (SSSR count). The third-order valence-corrected chi connectivity index (χ3v) is 3.88. The first-order valence-electron chi connectivity index (χ1n) is 6.16. The minimum Gasteiger partial charge on any atom is -0.367 e. The van der Waals surface area contributed by atoms with Gasteiger partial charge in [-0.25, -0.2) is 0 Å². The van der Waals surface area contributed by atoms with Gasteiger partial charge in [0.2, 0.25) is 0 Å². The van der Waals surface area contributed by atoms with Crippen molar-refractivity contribution in [3.05, 3.63) is 0 Å². The molecule has 1 nitrogen and oxygen atoms in total. The van der Waals surface area contributed by atoms with Crippen LogP contribution in [0.4, 0.5) is 0 Å². The van der Waals surface area contributed by atoms with E-state index in [1.807, 2.05) is 11.8 Å². The SMILES string of the molecule is CCCCCCCCCC1OCCS1. The molecule has 0 saturated carbocycles. The third-order valence-electron chi connectivity index (χ3n) is 2.73. The summed E-state index contributed by atoms with van der Waals surface area (Å²) in [4.78, 5) is 0. The van der Waals surface area contributed by atoms with Gasteiger partial charge in [-0.3, -0.25) is 0 Å². The van der Waals surface area contributed by atoms with Crippen LogP contribution in [0.5, 0.6) is 0 Å². The summed E-state index contributed by atoms with van der Waals surface area (Å²) >= 11 is 1.99. The van der Waals surface area contributed by atoms with Gasteiger partial charge in [-0.15, -0.1) is 11.8 Å². The van der Waals surface area contributed by atoms with Crippen LogP contribution >= 0.6 is 11.8 Å². The van der Waals surface area contributed by atoms with Crippen LogP contribution in [0.2, 0.25) is 0 Å². The molecule has 1 aliphatic heterocycles. The van der Waals surface area contributed by atoms with E-state index in [9.17, 15) is 0 Å². The molecule has 1 heterocycles. The zero-order chi connectivity index (χ0) is 10.1. The van der Waals surface area contributed by atoms with Crippen molar-refractivity contribution in [1.29, 1.82) is 0 Å². The van der Waals surface area contributed by atoms with E-state index in [1.165, 1.54) is 57.1 Å². The average Bonchev–Trinajstić information content (AvgIpc) is 2.69. The maximum atomic E-state index is 5.56. The van der Waals surface area contributed by atoms with Crippen LogP contribution in [0.3, 0.4) is 0 Å². The van der Waals surface area contributed by atoms with Gasteiger partial charge in [-0.1, -0.05) is 45.4 Å². The van der Waals surface area contributed by atoms with E-state index in [4.69, 9.17) is 4.74 Å². The fourth-order valence-electron chi connectivity index (χ4n) is 1.84. The van der Waals surface area contributed by atoms with E-state index in [2.05, 4.69) is 6.92 Å². The Kier molecular flexibility index (Phi) is 7.61. The van der Waals surface area contributed by atoms with Crippen LogP contribution in [0, 0.1) is 0 Å². The molecule has 1 unspecified atom stereocenters. The standard InChI is InChI=1S/C12H24OS/c1-2-3-4-5-6-7-8-9-12-13-10-11-14-12/h12H,2-11H2,1H3. The summed E-state index contributed by atoms with van der Waals surface area (Å²) in [5, 5.41) is 0. The van der Waals surface area contributed by atoms with Crippen molar-refractivity contribution in [2.75, 3.05) is 12.4 Å². The van der Waals surface area contributed by atoms with Crippen molar-refractivity contribution < 1.29 is 4.74 Å². The lowest BCUT2D eigenvalue weighted by molar-refractivity contribution is 0.135. The first-order valence-corrected chi connectivity index (χ1v) is 7.21. The molecule has 2 heteroatoms. The first kappa shape index (κ1) is 12.4. The Morgan fingerprint density at radius 3 is 2.43 bits per heavy atom. The summed E-state index contributed by atoms with van der Waals surface area (Å²) in [5.41, 5.74) is 0.533. The molecule has 1 atom stereocenters. The number of hydrogen-bond acceptors (Lipinski definition) is 2. The highest BCUT2D eigenvalue weighted by Crippen LogP contribution is 2.24. The summed E-state index contributed by atoms with van der Waals surface area (Å²) in [5.74, 6) is 1.21. The molecular weight excluding hydrogens is 192 g/mol. The van der Waals surface area contributed by atoms with Crippen LogP contribution in [0.25, 0.3) is 0 Å². The number of ether oxygens (including phenoxy) is 1. The average molecular weight is 216 g/mol. The molecule has 0 aliphatic carbocycles. The van der Waals surface area contributed by atoms with Crippen molar-refractivity contribution in [1.82, 2.24) is 0 Å². The van der Waals surface area contributed by atoms with E-state index >= 15 is 0 Å². The molecule has 14 heavy (non-hydrogen) atoms. The molecule has 0 bridgehead atoms. The van der Waals surface area contributed by atoms with Crippen molar-refractivity contribution in [2.45, 2.75) is 63.7 Å². The number of unbranched alkanes of at least 4 members (excludes halogenated alkanes) is 6. The van der Waals surface area contributed by atoms with Gasteiger partial charge in [-0.05, 0) is 12.8 Å². The van der Waals surface area contributed by atoms with Gasteiger partial charge in [0.05, 0.1) is 6.61 Å². The highest BCUT2D eigenvalue weighted by Gasteiger charge is 2.14. The molecule has 0 spiro atoms. The Hall–Kier alpha value is 0.310. The zero-order valence-electron chi connectivity index (χ0n) is 9.46. The lowest BCUT2D eigenvalue weighted by Crippen LogP contribution is -2.00. The topological polar surface area (TPSA) is 9.23 Å². The van der Waals surface area contributed by atoms with E-state index in [0.717, 1.165) is 6.61 Å². The molecule has 0 aromatic heterocycles. The lowest BCUT2D eigenvalue weighted by atomic mass is 10.1. The summed E-state index contributed by atoms with van der Waals surface area (Å²) in [6.45, 7) is 3.25. The zero-order valence-corrected chi connectivity index (χ0v) is 10.3. The Morgan fingerprint density at radius 1 is 1.07 bits per heavy atom. The van der Waals surface area contributed by atoms with Crippen molar-refractivity contribution in [3.63, 3.8) is 0 Å². The monoisotopic (exact) mass is 216 g/mol. The van der Waals surface area contributed by atoms with E-state index in [0.29, 0.717) is 5.44 Å². The minimum atomic E-state index is 0.533. The molecule has 1 saturated heterocycles. The normalized spacial score (nSPS) is 21.6. The van der Waals surface area contributed by atoms with Gasteiger partial charge < -0.3 is 4.74 Å². The smallest absolute Gasteiger partial charge is 0.103 e. The molecule has 0 radical (unpaired) electrons. The summed E-state index contributed by atoms with van der Waals surface area (Å²) in [7, 11) is 0. The second-order valence-corrected chi connectivity index (χ2v) is 5.35. The second kappa shape index (κ2) is 8.60. The Labute approximate surface area is 93.0 Å². The van der Waals surface area contributed by atoms with Crippen LogP contribution in [0.1, 0.15) is 58.3 Å². The van der Waals surface area contributed by atoms with Gasteiger partial charge in [0.1, 0.15) is 5.44 Å². The largest absolute Gasteiger partial charge is 0.367 e. The Bertz CT molecular complexity index is 121. The Balaban J connectivity index is 1.75. The quantitative estimate of drug-likeness (QED) is 0.562. The predicted octanol–water partition coefficient (Wildman–Crippen LogP) is 4.22. The van der Waals surface area contributed by atoms with Gasteiger partial charge >= 0.3 is 0 Å². The highest BCUT2D eigenvalue weighted by molar-refractivity contribution is 7.99. The molecule has 84 valence electrons. The fraction of sp³-hybridized carbons (Fsp3) is 1.00. The summed E-state index contributed by atoms with van der Waals surface area (Å²) in [6.07, 6.45) is 11.1. The lowest BCUT2D eigenvalue weighted by Gasteiger charge is -2.07. The maximum absolute atomic E-state index is 5.56. The molecule has 1 fully saturated rings. The molecule has 0 amide bonds. The number of thioether (sulfide) groups is 1. The van der Waals surface area contributed by atoms with Crippen LogP contribution < -0.4 is 0 Å².